The largest absolute Gasteiger partial charge is 0.545 e. The van der Waals surface area contributed by atoms with Crippen LogP contribution in [0.5, 0.6) is 0 Å². The van der Waals surface area contributed by atoms with Gasteiger partial charge >= 0.3 is 0 Å². The third kappa shape index (κ3) is 2.99. The van der Waals surface area contributed by atoms with E-state index in [1.165, 1.54) is 6.08 Å². The molecule has 0 saturated heterocycles. The van der Waals surface area contributed by atoms with Gasteiger partial charge in [-0.1, -0.05) is 6.08 Å². The van der Waals surface area contributed by atoms with Crippen LogP contribution in [0.25, 0.3) is 0 Å². The predicted molar refractivity (Wildman–Crippen MR) is 46.0 cm³/mol. The van der Waals surface area contributed by atoms with Crippen molar-refractivity contribution in [1.82, 2.24) is 0 Å². The van der Waals surface area contributed by atoms with Crippen molar-refractivity contribution in [3.05, 3.63) is 12.2 Å². The first-order valence-electron chi connectivity index (χ1n) is 4.28. The minimum Gasteiger partial charge on any atom is -0.545 e. The van der Waals surface area contributed by atoms with Crippen LogP contribution in [-0.2, 0) is 4.79 Å². The summed E-state index contributed by atoms with van der Waals surface area (Å²) in [6.45, 7) is 0. The van der Waals surface area contributed by atoms with Crippen molar-refractivity contribution in [2.45, 2.75) is 30.8 Å². The van der Waals surface area contributed by atoms with E-state index in [2.05, 4.69) is 0 Å². The molecule has 1 aliphatic rings. The number of hydrogen-bond donors (Lipinski definition) is 0. The Hall–Kier alpha value is -0.570. The molecule has 0 N–H and O–H groups in total. The first kappa shape index (κ1) is 10.5. The summed E-state index contributed by atoms with van der Waals surface area (Å²) in [5.74, 6) is -1.78. The maximum Gasteiger partial charge on any atom is 0.108 e. The van der Waals surface area contributed by atoms with Gasteiger partial charge in [0.2, 0.25) is 0 Å². The van der Waals surface area contributed by atoms with Gasteiger partial charge in [-0.2, -0.15) is 0 Å². The van der Waals surface area contributed by atoms with Crippen LogP contribution in [-0.4, -0.2) is 17.5 Å². The van der Waals surface area contributed by atoms with E-state index in [1.807, 2.05) is 0 Å². The summed E-state index contributed by atoms with van der Waals surface area (Å²) < 4.78 is 13.2. The summed E-state index contributed by atoms with van der Waals surface area (Å²) in [6.07, 6.45) is 3.11. The second kappa shape index (κ2) is 4.61. The summed E-state index contributed by atoms with van der Waals surface area (Å²) in [4.78, 5) is 10.1. The summed E-state index contributed by atoms with van der Waals surface area (Å²) in [7, 11) is 0. The molecule has 74 valence electrons. The van der Waals surface area contributed by atoms with Gasteiger partial charge in [0, 0.05) is 11.3 Å². The number of carbonyl (C=O) groups excluding carboxylic acids is 1. The minimum atomic E-state index is -1.30. The fourth-order valence-electron chi connectivity index (χ4n) is 1.55. The number of carbonyl (C=O) groups is 1. The van der Waals surface area contributed by atoms with Gasteiger partial charge in [0.15, 0.2) is 0 Å². The standard InChI is InChI=1S/C9H12ClFO2/c10-7-2-1-3-8(11)6(7)4-5-9(12)13/h4-8H,1-3H2,(H,12,13)/p-1/b5-4+. The molecule has 0 aromatic carbocycles. The smallest absolute Gasteiger partial charge is 0.108 e. The first-order chi connectivity index (χ1) is 6.11. The van der Waals surface area contributed by atoms with Crippen LogP contribution >= 0.6 is 11.6 Å². The first-order valence-corrected chi connectivity index (χ1v) is 4.72. The highest BCUT2D eigenvalue weighted by Gasteiger charge is 2.29. The molecule has 0 aromatic rings. The van der Waals surface area contributed by atoms with Crippen LogP contribution < -0.4 is 5.11 Å². The lowest BCUT2D eigenvalue weighted by Gasteiger charge is -2.27. The van der Waals surface area contributed by atoms with Gasteiger partial charge in [-0.25, -0.2) is 4.39 Å². The van der Waals surface area contributed by atoms with E-state index < -0.39 is 18.1 Å². The number of halogens is 2. The van der Waals surface area contributed by atoms with E-state index >= 15 is 0 Å². The summed E-state index contributed by atoms with van der Waals surface area (Å²) in [5.41, 5.74) is 0. The Labute approximate surface area is 81.4 Å². The number of carboxylic acid groups (broad SMARTS) is 1. The minimum absolute atomic E-state index is 0.292. The highest BCUT2D eigenvalue weighted by Crippen LogP contribution is 2.31. The van der Waals surface area contributed by atoms with E-state index in [9.17, 15) is 14.3 Å². The molecular weight excluding hydrogens is 195 g/mol. The van der Waals surface area contributed by atoms with Crippen molar-refractivity contribution >= 4 is 17.6 Å². The molecular formula is C9H11ClFO2-. The van der Waals surface area contributed by atoms with Crippen molar-refractivity contribution in [3.8, 4) is 0 Å². The normalized spacial score (nSPS) is 35.1. The Morgan fingerprint density at radius 2 is 2.23 bits per heavy atom. The van der Waals surface area contributed by atoms with Crippen molar-refractivity contribution < 1.29 is 14.3 Å². The van der Waals surface area contributed by atoms with Crippen molar-refractivity contribution in [3.63, 3.8) is 0 Å². The molecule has 4 heteroatoms. The van der Waals surface area contributed by atoms with Crippen molar-refractivity contribution in [2.24, 2.45) is 5.92 Å². The Morgan fingerprint density at radius 1 is 1.54 bits per heavy atom. The van der Waals surface area contributed by atoms with Crippen LogP contribution in [0, 0.1) is 5.92 Å². The van der Waals surface area contributed by atoms with Crippen LogP contribution in [0.1, 0.15) is 19.3 Å². The van der Waals surface area contributed by atoms with E-state index in [0.29, 0.717) is 6.42 Å². The molecule has 0 amide bonds. The summed E-state index contributed by atoms with van der Waals surface area (Å²) >= 11 is 5.86. The summed E-state index contributed by atoms with van der Waals surface area (Å²) in [5, 5.41) is 9.80. The fraction of sp³-hybridized carbons (Fsp3) is 0.667. The molecule has 0 aliphatic heterocycles. The average Bonchev–Trinajstić information content (AvgIpc) is 2.03. The van der Waals surface area contributed by atoms with Gasteiger partial charge in [0.05, 0.1) is 5.97 Å². The lowest BCUT2D eigenvalue weighted by atomic mass is 9.87. The zero-order valence-corrected chi connectivity index (χ0v) is 7.84. The topological polar surface area (TPSA) is 40.1 Å². The molecule has 3 atom stereocenters. The molecule has 1 fully saturated rings. The van der Waals surface area contributed by atoms with Crippen molar-refractivity contribution in [1.29, 1.82) is 0 Å². The molecule has 1 aliphatic carbocycles. The molecule has 0 heterocycles. The zero-order chi connectivity index (χ0) is 9.84. The van der Waals surface area contributed by atoms with Crippen LogP contribution in [0.2, 0.25) is 0 Å². The maximum atomic E-state index is 13.2. The van der Waals surface area contributed by atoms with Gasteiger partial charge in [-0.05, 0) is 25.3 Å². The third-order valence-electron chi connectivity index (χ3n) is 2.25. The number of rotatable bonds is 2. The van der Waals surface area contributed by atoms with Gasteiger partial charge in [0.25, 0.3) is 0 Å². The van der Waals surface area contributed by atoms with Crippen molar-refractivity contribution in [2.75, 3.05) is 0 Å². The van der Waals surface area contributed by atoms with Gasteiger partial charge in [0.1, 0.15) is 6.17 Å². The monoisotopic (exact) mass is 205 g/mol. The highest BCUT2D eigenvalue weighted by atomic mass is 35.5. The molecule has 2 nitrogen and oxygen atoms in total. The number of carboxylic acids is 1. The molecule has 1 saturated carbocycles. The van der Waals surface area contributed by atoms with Gasteiger partial charge < -0.3 is 9.90 Å². The Morgan fingerprint density at radius 3 is 2.77 bits per heavy atom. The van der Waals surface area contributed by atoms with E-state index in [0.717, 1.165) is 18.9 Å². The Bertz CT molecular complexity index is 208. The van der Waals surface area contributed by atoms with Crippen LogP contribution in [0.15, 0.2) is 12.2 Å². The second-order valence-electron chi connectivity index (χ2n) is 3.22. The van der Waals surface area contributed by atoms with E-state index in [1.54, 1.807) is 0 Å². The molecule has 1 rings (SSSR count). The van der Waals surface area contributed by atoms with Gasteiger partial charge in [-0.3, -0.25) is 0 Å². The quantitative estimate of drug-likeness (QED) is 0.499. The Balaban J connectivity index is 2.58. The molecule has 0 aromatic heterocycles. The molecule has 0 bridgehead atoms. The number of hydrogen-bond acceptors (Lipinski definition) is 2. The zero-order valence-electron chi connectivity index (χ0n) is 7.08. The van der Waals surface area contributed by atoms with Gasteiger partial charge in [-0.15, -0.1) is 11.6 Å². The lowest BCUT2D eigenvalue weighted by Crippen LogP contribution is -2.29. The highest BCUT2D eigenvalue weighted by molar-refractivity contribution is 6.21. The second-order valence-corrected chi connectivity index (χ2v) is 3.78. The molecule has 0 spiro atoms. The molecule has 0 radical (unpaired) electrons. The van der Waals surface area contributed by atoms with Crippen LogP contribution in [0.3, 0.4) is 0 Å². The van der Waals surface area contributed by atoms with E-state index in [4.69, 9.17) is 11.6 Å². The number of allylic oxidation sites excluding steroid dienone is 1. The van der Waals surface area contributed by atoms with Crippen LogP contribution in [0.4, 0.5) is 4.39 Å². The summed E-state index contributed by atoms with van der Waals surface area (Å²) in [6, 6.07) is 0. The average molecular weight is 206 g/mol. The predicted octanol–water partition coefficient (Wildman–Crippen LogP) is 1.04. The fourth-order valence-corrected chi connectivity index (χ4v) is 1.95. The molecule has 3 unspecified atom stereocenters. The maximum absolute atomic E-state index is 13.2. The van der Waals surface area contributed by atoms with E-state index in [-0.39, 0.29) is 5.38 Å². The number of aliphatic carboxylic acids is 1. The SMILES string of the molecule is O=C([O-])/C=C/C1C(F)CCCC1Cl. The lowest BCUT2D eigenvalue weighted by molar-refractivity contribution is -0.297. The third-order valence-corrected chi connectivity index (χ3v) is 2.76. The molecule has 13 heavy (non-hydrogen) atoms. The number of alkyl halides is 2. The Kier molecular flexibility index (Phi) is 3.72.